The van der Waals surface area contributed by atoms with Gasteiger partial charge in [-0.15, -0.1) is 0 Å². The van der Waals surface area contributed by atoms with Gasteiger partial charge in [-0.1, -0.05) is 6.07 Å². The minimum atomic E-state index is -1.25. The maximum Gasteiger partial charge on any atom is 0.335 e. The van der Waals surface area contributed by atoms with E-state index in [0.717, 1.165) is 43.8 Å². The Morgan fingerprint density at radius 1 is 1.12 bits per heavy atom. The number of alkyl halides is 1. The van der Waals surface area contributed by atoms with Gasteiger partial charge in [0.15, 0.2) is 0 Å². The van der Waals surface area contributed by atoms with Crippen molar-refractivity contribution in [3.63, 3.8) is 0 Å². The molecule has 0 radical (unpaired) electrons. The van der Waals surface area contributed by atoms with E-state index in [1.54, 1.807) is 18.2 Å². The van der Waals surface area contributed by atoms with E-state index in [9.17, 15) is 18.7 Å². The van der Waals surface area contributed by atoms with E-state index in [1.165, 1.54) is 12.3 Å². The van der Waals surface area contributed by atoms with Gasteiger partial charge in [-0.3, -0.25) is 9.88 Å². The van der Waals surface area contributed by atoms with Crippen LogP contribution in [0.3, 0.4) is 0 Å². The molecule has 0 spiro atoms. The van der Waals surface area contributed by atoms with E-state index in [4.69, 9.17) is 15.0 Å². The van der Waals surface area contributed by atoms with Crippen LogP contribution in [0.1, 0.15) is 40.3 Å². The molecule has 0 bridgehead atoms. The van der Waals surface area contributed by atoms with Crippen molar-refractivity contribution >= 4 is 22.7 Å². The number of hydrogen-bond acceptors (Lipinski definition) is 7. The van der Waals surface area contributed by atoms with Crippen LogP contribution >= 0.6 is 0 Å². The topological polar surface area (TPSA) is 108 Å². The first-order valence-corrected chi connectivity index (χ1v) is 13.5. The summed E-state index contributed by atoms with van der Waals surface area (Å²) in [4.78, 5) is 24.8. The van der Waals surface area contributed by atoms with Crippen molar-refractivity contribution in [2.24, 2.45) is 0 Å². The molecular weight excluding hydrogens is 530 g/mol. The molecule has 41 heavy (non-hydrogen) atoms. The molecule has 210 valence electrons. The fourth-order valence-corrected chi connectivity index (χ4v) is 5.10. The summed E-state index contributed by atoms with van der Waals surface area (Å²) in [6.07, 6.45) is 2.33. The molecule has 0 amide bonds. The molecule has 11 heteroatoms. The van der Waals surface area contributed by atoms with Crippen molar-refractivity contribution < 1.29 is 23.4 Å². The number of carbonyl (C=O) groups is 1. The molecule has 1 aliphatic carbocycles. The largest absolute Gasteiger partial charge is 0.487 e. The third kappa shape index (κ3) is 5.83. The molecule has 1 N–H and O–H groups in total. The Morgan fingerprint density at radius 3 is 2.63 bits per heavy atom. The number of carboxylic acid groups (broad SMARTS) is 1. The second-order valence-corrected chi connectivity index (χ2v) is 10.6. The number of anilines is 1. The second kappa shape index (κ2) is 10.8. The van der Waals surface area contributed by atoms with Crippen molar-refractivity contribution in [1.82, 2.24) is 19.4 Å². The third-order valence-electron chi connectivity index (χ3n) is 7.65. The fourth-order valence-electron chi connectivity index (χ4n) is 5.10. The zero-order chi connectivity index (χ0) is 28.6. The lowest BCUT2D eigenvalue weighted by molar-refractivity contribution is 0.0697. The monoisotopic (exact) mass is 558 g/mol. The van der Waals surface area contributed by atoms with Crippen molar-refractivity contribution in [1.29, 1.82) is 5.26 Å². The van der Waals surface area contributed by atoms with Gasteiger partial charge in [0, 0.05) is 44.1 Å². The minimum absolute atomic E-state index is 0.0517. The van der Waals surface area contributed by atoms with Gasteiger partial charge in [-0.05, 0) is 49.2 Å². The first-order valence-electron chi connectivity index (χ1n) is 13.5. The molecule has 0 atom stereocenters. The van der Waals surface area contributed by atoms with Crippen LogP contribution in [0.4, 0.5) is 14.5 Å². The predicted octanol–water partition coefficient (Wildman–Crippen LogP) is 4.54. The van der Waals surface area contributed by atoms with Crippen LogP contribution in [0.5, 0.6) is 5.75 Å². The van der Waals surface area contributed by atoms with E-state index < -0.39 is 17.5 Å². The van der Waals surface area contributed by atoms with Gasteiger partial charge in [0.25, 0.3) is 0 Å². The van der Waals surface area contributed by atoms with E-state index in [0.29, 0.717) is 36.2 Å². The molecule has 2 aliphatic rings. The number of nitrogens with zero attached hydrogens (tertiary/aromatic N) is 6. The number of aromatic carboxylic acids is 1. The van der Waals surface area contributed by atoms with Gasteiger partial charge >= 0.3 is 5.97 Å². The van der Waals surface area contributed by atoms with Gasteiger partial charge in [-0.2, -0.15) is 5.26 Å². The second-order valence-electron chi connectivity index (χ2n) is 10.6. The number of nitriles is 1. The fraction of sp³-hybridized carbons (Fsp3) is 0.333. The number of benzene rings is 2. The average molecular weight is 559 g/mol. The summed E-state index contributed by atoms with van der Waals surface area (Å²) >= 11 is 0. The summed E-state index contributed by atoms with van der Waals surface area (Å²) < 4.78 is 36.7. The number of fused-ring (bicyclic) bond motifs is 1. The first kappa shape index (κ1) is 26.7. The molecule has 3 heterocycles. The summed E-state index contributed by atoms with van der Waals surface area (Å²) in [5.41, 5.74) is 1.50. The standard InChI is InChI=1S/C30H28F2N6O3/c31-24-12-20(15-33)16-34-26(24)18-41-23-3-1-2-22(14-23)37-10-8-36(9-11-37)17-28-35-25-5-4-21(29(39)40)13-27(25)38(28)19-30(32)6-7-30/h1-5,12-14,16H,6-11,17-19H2,(H,39,40). The highest BCUT2D eigenvalue weighted by Gasteiger charge is 2.44. The van der Waals surface area contributed by atoms with Crippen LogP contribution in [0.15, 0.2) is 54.7 Å². The molecule has 2 aromatic heterocycles. The van der Waals surface area contributed by atoms with Crippen molar-refractivity contribution in [2.75, 3.05) is 31.1 Å². The smallest absolute Gasteiger partial charge is 0.335 e. The molecule has 9 nitrogen and oxygen atoms in total. The Balaban J connectivity index is 1.11. The highest BCUT2D eigenvalue weighted by Crippen LogP contribution is 2.42. The quantitative estimate of drug-likeness (QED) is 0.319. The van der Waals surface area contributed by atoms with Gasteiger partial charge in [0.1, 0.15) is 41.4 Å². The van der Waals surface area contributed by atoms with Crippen LogP contribution in [-0.4, -0.2) is 62.4 Å². The number of piperazine rings is 1. The van der Waals surface area contributed by atoms with Crippen LogP contribution < -0.4 is 9.64 Å². The van der Waals surface area contributed by atoms with E-state index >= 15 is 0 Å². The van der Waals surface area contributed by atoms with E-state index in [1.807, 2.05) is 28.8 Å². The number of hydrogen-bond donors (Lipinski definition) is 1. The van der Waals surface area contributed by atoms with Crippen molar-refractivity contribution in [2.45, 2.75) is 38.2 Å². The molecule has 1 aliphatic heterocycles. The van der Waals surface area contributed by atoms with E-state index in [2.05, 4.69) is 14.8 Å². The lowest BCUT2D eigenvalue weighted by Crippen LogP contribution is -2.46. The van der Waals surface area contributed by atoms with Gasteiger partial charge in [0.05, 0.1) is 35.2 Å². The highest BCUT2D eigenvalue weighted by molar-refractivity contribution is 5.92. The Hall–Kier alpha value is -4.56. The lowest BCUT2D eigenvalue weighted by Gasteiger charge is -2.36. The molecule has 6 rings (SSSR count). The Bertz CT molecular complexity index is 1650. The van der Waals surface area contributed by atoms with Crippen molar-refractivity contribution in [3.05, 3.63) is 83.2 Å². The normalized spacial score (nSPS) is 16.5. The number of ether oxygens (including phenoxy) is 1. The maximum absolute atomic E-state index is 14.9. The number of aromatic nitrogens is 3. The molecule has 1 saturated heterocycles. The van der Waals surface area contributed by atoms with Gasteiger partial charge in [-0.25, -0.2) is 18.6 Å². The number of rotatable bonds is 9. The molecule has 0 unspecified atom stereocenters. The van der Waals surface area contributed by atoms with Crippen LogP contribution in [0.2, 0.25) is 0 Å². The number of halogens is 2. The Morgan fingerprint density at radius 2 is 1.93 bits per heavy atom. The SMILES string of the molecule is N#Cc1cnc(COc2cccc(N3CCN(Cc4nc5ccc(C(=O)O)cc5n4CC4(F)CC4)CC3)c2)c(F)c1. The lowest BCUT2D eigenvalue weighted by atomic mass is 10.2. The Labute approximate surface area is 235 Å². The zero-order valence-corrected chi connectivity index (χ0v) is 22.3. The summed E-state index contributed by atoms with van der Waals surface area (Å²) in [5.74, 6) is -0.277. The zero-order valence-electron chi connectivity index (χ0n) is 22.3. The summed E-state index contributed by atoms with van der Waals surface area (Å²) in [7, 11) is 0. The number of pyridine rings is 1. The van der Waals surface area contributed by atoms with Gasteiger partial charge in [0.2, 0.25) is 0 Å². The number of carboxylic acids is 1. The van der Waals surface area contributed by atoms with Crippen LogP contribution in [0.25, 0.3) is 11.0 Å². The third-order valence-corrected chi connectivity index (χ3v) is 7.65. The molecule has 4 aromatic rings. The van der Waals surface area contributed by atoms with Crippen molar-refractivity contribution in [3.8, 4) is 11.8 Å². The summed E-state index contributed by atoms with van der Waals surface area (Å²) in [6.45, 7) is 3.69. The molecule has 2 aromatic carbocycles. The first-order chi connectivity index (χ1) is 19.8. The Kier molecular flexibility index (Phi) is 7.01. The molecule has 1 saturated carbocycles. The van der Waals surface area contributed by atoms with Crippen LogP contribution in [0, 0.1) is 17.1 Å². The number of imidazole rings is 1. The average Bonchev–Trinajstić information content (AvgIpc) is 3.62. The van der Waals surface area contributed by atoms with Gasteiger partial charge < -0.3 is 19.3 Å². The molecular formula is C30H28F2N6O3. The van der Waals surface area contributed by atoms with Crippen LogP contribution in [-0.2, 0) is 19.7 Å². The predicted molar refractivity (Wildman–Crippen MR) is 147 cm³/mol. The van der Waals surface area contributed by atoms with E-state index in [-0.39, 0.29) is 30.0 Å². The summed E-state index contributed by atoms with van der Waals surface area (Å²) in [5, 5.41) is 18.3. The molecule has 2 fully saturated rings. The summed E-state index contributed by atoms with van der Waals surface area (Å²) in [6, 6.07) is 15.4. The maximum atomic E-state index is 14.9. The minimum Gasteiger partial charge on any atom is -0.487 e. The highest BCUT2D eigenvalue weighted by atomic mass is 19.1.